The van der Waals surface area contributed by atoms with E-state index in [4.69, 9.17) is 17.3 Å². The van der Waals surface area contributed by atoms with Crippen LogP contribution in [0.4, 0.5) is 0 Å². The molecule has 1 atom stereocenters. The molecule has 7 heteroatoms. The van der Waals surface area contributed by atoms with Gasteiger partial charge in [-0.15, -0.1) is 0 Å². The molecule has 1 saturated heterocycles. The summed E-state index contributed by atoms with van der Waals surface area (Å²) in [4.78, 5) is 0.154. The van der Waals surface area contributed by atoms with Gasteiger partial charge in [0.05, 0.1) is 5.02 Å². The van der Waals surface area contributed by atoms with E-state index in [1.807, 2.05) is 6.92 Å². The molecule has 0 bridgehead atoms. The predicted molar refractivity (Wildman–Crippen MR) is 84.3 cm³/mol. The minimum atomic E-state index is -3.56. The van der Waals surface area contributed by atoms with Gasteiger partial charge < -0.3 is 5.73 Å². The molecule has 0 aliphatic carbocycles. The molecule has 112 valence electrons. The standard InChI is InChI=1S/C13H18BrClN2O2S/c1-9(16)10-5-7-17(8-6-10)20(18,19)13-11(14)3-2-4-12(13)15/h2-4,9-10H,5-8,16H2,1H3. The maximum absolute atomic E-state index is 12.7. The minimum absolute atomic E-state index is 0.104. The number of nitrogens with two attached hydrogens (primary N) is 1. The molecule has 1 heterocycles. The molecule has 1 unspecified atom stereocenters. The largest absolute Gasteiger partial charge is 0.328 e. The molecule has 1 aliphatic rings. The Bertz CT molecular complexity index is 564. The summed E-state index contributed by atoms with van der Waals surface area (Å²) >= 11 is 9.33. The number of halogens is 2. The van der Waals surface area contributed by atoms with Gasteiger partial charge in [0.1, 0.15) is 4.90 Å². The summed E-state index contributed by atoms with van der Waals surface area (Å²) < 4.78 is 27.4. The van der Waals surface area contributed by atoms with Crippen molar-refractivity contribution < 1.29 is 8.42 Å². The third-order valence-corrected chi connectivity index (χ3v) is 7.11. The topological polar surface area (TPSA) is 63.4 Å². The SMILES string of the molecule is CC(N)C1CCN(S(=O)(=O)c2c(Cl)cccc2Br)CC1. The fourth-order valence-corrected chi connectivity index (χ4v) is 5.64. The third kappa shape index (κ3) is 3.20. The Balaban J connectivity index is 2.25. The van der Waals surface area contributed by atoms with Crippen LogP contribution in [-0.4, -0.2) is 31.9 Å². The number of piperidine rings is 1. The quantitative estimate of drug-likeness (QED) is 0.875. The first kappa shape index (κ1) is 16.2. The van der Waals surface area contributed by atoms with Gasteiger partial charge in [0, 0.05) is 23.6 Å². The number of hydrogen-bond donors (Lipinski definition) is 1. The van der Waals surface area contributed by atoms with E-state index >= 15 is 0 Å². The lowest BCUT2D eigenvalue weighted by molar-refractivity contribution is 0.250. The molecule has 2 N–H and O–H groups in total. The maximum Gasteiger partial charge on any atom is 0.245 e. The monoisotopic (exact) mass is 380 g/mol. The number of benzene rings is 1. The summed E-state index contributed by atoms with van der Waals surface area (Å²) in [7, 11) is -3.56. The van der Waals surface area contributed by atoms with Gasteiger partial charge in [-0.3, -0.25) is 0 Å². The second kappa shape index (κ2) is 6.32. The van der Waals surface area contributed by atoms with Crippen molar-refractivity contribution in [2.45, 2.75) is 30.7 Å². The normalized spacial score (nSPS) is 20.0. The second-order valence-electron chi connectivity index (χ2n) is 5.15. The van der Waals surface area contributed by atoms with E-state index in [0.29, 0.717) is 23.5 Å². The lowest BCUT2D eigenvalue weighted by Crippen LogP contribution is -2.42. The lowest BCUT2D eigenvalue weighted by atomic mass is 9.92. The number of rotatable bonds is 3. The van der Waals surface area contributed by atoms with Gasteiger partial charge in [0.2, 0.25) is 10.0 Å². The van der Waals surface area contributed by atoms with Crippen LogP contribution >= 0.6 is 27.5 Å². The van der Waals surface area contributed by atoms with Crippen LogP contribution in [0.25, 0.3) is 0 Å². The Morgan fingerprint density at radius 1 is 1.40 bits per heavy atom. The second-order valence-corrected chi connectivity index (χ2v) is 8.29. The number of hydrogen-bond acceptors (Lipinski definition) is 3. The molecule has 1 aromatic carbocycles. The van der Waals surface area contributed by atoms with Gasteiger partial charge in [0.15, 0.2) is 0 Å². The van der Waals surface area contributed by atoms with E-state index in [9.17, 15) is 8.42 Å². The Kier molecular flexibility index (Phi) is 5.13. The number of nitrogens with zero attached hydrogens (tertiary/aromatic N) is 1. The van der Waals surface area contributed by atoms with Gasteiger partial charge in [-0.05, 0) is 53.7 Å². The molecule has 1 aromatic rings. The first-order chi connectivity index (χ1) is 9.34. The summed E-state index contributed by atoms with van der Waals surface area (Å²) in [5, 5.41) is 0.244. The molecule has 0 saturated carbocycles. The van der Waals surface area contributed by atoms with Crippen LogP contribution in [0.3, 0.4) is 0 Å². The van der Waals surface area contributed by atoms with Crippen molar-refractivity contribution in [1.29, 1.82) is 0 Å². The van der Waals surface area contributed by atoms with Gasteiger partial charge in [0.25, 0.3) is 0 Å². The van der Waals surface area contributed by atoms with Crippen molar-refractivity contribution in [2.24, 2.45) is 11.7 Å². The summed E-state index contributed by atoms with van der Waals surface area (Å²) in [6.45, 7) is 2.96. The molecule has 0 aromatic heterocycles. The van der Waals surface area contributed by atoms with Crippen molar-refractivity contribution in [3.05, 3.63) is 27.7 Å². The van der Waals surface area contributed by atoms with E-state index in [0.717, 1.165) is 12.8 Å². The van der Waals surface area contributed by atoms with Crippen LogP contribution in [0.5, 0.6) is 0 Å². The van der Waals surface area contributed by atoms with Gasteiger partial charge in [-0.2, -0.15) is 4.31 Å². The van der Waals surface area contributed by atoms with E-state index in [1.165, 1.54) is 4.31 Å². The Morgan fingerprint density at radius 3 is 2.50 bits per heavy atom. The molecule has 0 spiro atoms. The molecule has 0 amide bonds. The third-order valence-electron chi connectivity index (χ3n) is 3.76. The summed E-state index contributed by atoms with van der Waals surface area (Å²) in [6.07, 6.45) is 1.58. The van der Waals surface area contributed by atoms with Gasteiger partial charge in [-0.25, -0.2) is 8.42 Å². The van der Waals surface area contributed by atoms with E-state index < -0.39 is 10.0 Å². The molecule has 1 aliphatic heterocycles. The van der Waals surface area contributed by atoms with E-state index in [1.54, 1.807) is 18.2 Å². The van der Waals surface area contributed by atoms with Crippen LogP contribution < -0.4 is 5.73 Å². The molecular formula is C13H18BrClN2O2S. The highest BCUT2D eigenvalue weighted by Gasteiger charge is 2.32. The minimum Gasteiger partial charge on any atom is -0.328 e. The highest BCUT2D eigenvalue weighted by Crippen LogP contribution is 2.33. The highest BCUT2D eigenvalue weighted by molar-refractivity contribution is 9.10. The smallest absolute Gasteiger partial charge is 0.245 e. The van der Waals surface area contributed by atoms with Gasteiger partial charge >= 0.3 is 0 Å². The zero-order valence-corrected chi connectivity index (χ0v) is 14.4. The fourth-order valence-electron chi connectivity index (χ4n) is 2.50. The van der Waals surface area contributed by atoms with Crippen molar-refractivity contribution in [1.82, 2.24) is 4.31 Å². The Morgan fingerprint density at radius 2 is 2.00 bits per heavy atom. The summed E-state index contributed by atoms with van der Waals surface area (Å²) in [6, 6.07) is 5.10. The average molecular weight is 382 g/mol. The zero-order valence-electron chi connectivity index (χ0n) is 11.2. The molecule has 20 heavy (non-hydrogen) atoms. The Labute approximate surface area is 133 Å². The molecule has 0 radical (unpaired) electrons. The summed E-state index contributed by atoms with van der Waals surface area (Å²) in [5.41, 5.74) is 5.88. The zero-order chi connectivity index (χ0) is 14.9. The number of sulfonamides is 1. The van der Waals surface area contributed by atoms with Crippen LogP contribution in [0, 0.1) is 5.92 Å². The van der Waals surface area contributed by atoms with Gasteiger partial charge in [-0.1, -0.05) is 17.7 Å². The Hall–Kier alpha value is -0.140. The molecule has 1 fully saturated rings. The fraction of sp³-hybridized carbons (Fsp3) is 0.538. The molecule has 4 nitrogen and oxygen atoms in total. The molecule has 2 rings (SSSR count). The van der Waals surface area contributed by atoms with Crippen molar-refractivity contribution in [2.75, 3.05) is 13.1 Å². The maximum atomic E-state index is 12.7. The van der Waals surface area contributed by atoms with Crippen molar-refractivity contribution >= 4 is 37.6 Å². The first-order valence-electron chi connectivity index (χ1n) is 6.53. The van der Waals surface area contributed by atoms with Crippen molar-refractivity contribution in [3.63, 3.8) is 0 Å². The summed E-state index contributed by atoms with van der Waals surface area (Å²) in [5.74, 6) is 0.385. The van der Waals surface area contributed by atoms with Crippen LogP contribution in [-0.2, 0) is 10.0 Å². The van der Waals surface area contributed by atoms with E-state index in [-0.39, 0.29) is 16.0 Å². The first-order valence-corrected chi connectivity index (χ1v) is 9.15. The van der Waals surface area contributed by atoms with Crippen LogP contribution in [0.2, 0.25) is 5.02 Å². The van der Waals surface area contributed by atoms with Crippen molar-refractivity contribution in [3.8, 4) is 0 Å². The van der Waals surface area contributed by atoms with E-state index in [2.05, 4.69) is 15.9 Å². The lowest BCUT2D eigenvalue weighted by Gasteiger charge is -2.33. The molecular weight excluding hydrogens is 364 g/mol. The predicted octanol–water partition coefficient (Wildman–Crippen LogP) is 2.85. The average Bonchev–Trinajstić information content (AvgIpc) is 2.38. The van der Waals surface area contributed by atoms with Crippen LogP contribution in [0.1, 0.15) is 19.8 Å². The van der Waals surface area contributed by atoms with Crippen LogP contribution in [0.15, 0.2) is 27.6 Å². The highest BCUT2D eigenvalue weighted by atomic mass is 79.9.